The molecule has 1 aromatic carbocycles. The first-order chi connectivity index (χ1) is 11.6. The Hall–Kier alpha value is -2.51. The normalized spacial score (nSPS) is 15.5. The fourth-order valence-electron chi connectivity index (χ4n) is 3.07. The Balaban J connectivity index is 2.05. The highest BCUT2D eigenvalue weighted by Gasteiger charge is 2.22. The van der Waals surface area contributed by atoms with Crippen molar-refractivity contribution in [2.45, 2.75) is 6.42 Å². The van der Waals surface area contributed by atoms with Crippen LogP contribution in [0.2, 0.25) is 0 Å². The second kappa shape index (κ2) is 6.94. The minimum Gasteiger partial charge on any atom is -0.379 e. The van der Waals surface area contributed by atoms with Crippen molar-refractivity contribution >= 4 is 22.7 Å². The molecular weight excluding hydrogens is 308 g/mol. The number of amides is 2. The molecule has 0 aliphatic carbocycles. The molecule has 0 saturated carbocycles. The van der Waals surface area contributed by atoms with E-state index in [2.05, 4.69) is 9.88 Å². The van der Waals surface area contributed by atoms with Gasteiger partial charge in [0.25, 0.3) is 5.91 Å². The number of carbonyl (C=O) groups is 2. The molecule has 4 N–H and O–H groups in total. The number of hydrogen-bond donors (Lipinski definition) is 2. The quantitative estimate of drug-likeness (QED) is 0.820. The minimum absolute atomic E-state index is 0.121. The molecule has 0 unspecified atom stereocenters. The van der Waals surface area contributed by atoms with Crippen molar-refractivity contribution in [2.75, 3.05) is 32.8 Å². The maximum Gasteiger partial charge on any atom is 0.267 e. The Morgan fingerprint density at radius 3 is 2.50 bits per heavy atom. The van der Waals surface area contributed by atoms with Crippen molar-refractivity contribution in [1.82, 2.24) is 9.88 Å². The summed E-state index contributed by atoms with van der Waals surface area (Å²) >= 11 is 0. The molecule has 1 saturated heterocycles. The van der Waals surface area contributed by atoms with Gasteiger partial charge in [-0.25, -0.2) is 4.98 Å². The molecule has 2 heterocycles. The molecule has 1 aliphatic rings. The number of pyridine rings is 1. The maximum atomic E-state index is 12.1. The molecule has 2 amide bonds. The molecule has 7 nitrogen and oxygen atoms in total. The number of ether oxygens (including phenoxy) is 1. The number of hydrogen-bond acceptors (Lipinski definition) is 5. The second-order valence-electron chi connectivity index (χ2n) is 5.76. The predicted molar refractivity (Wildman–Crippen MR) is 89.7 cm³/mol. The zero-order valence-corrected chi connectivity index (χ0v) is 13.3. The highest BCUT2D eigenvalue weighted by Crippen LogP contribution is 2.24. The summed E-state index contributed by atoms with van der Waals surface area (Å²) in [6.07, 6.45) is 0.481. The van der Waals surface area contributed by atoms with Gasteiger partial charge in [0.1, 0.15) is 5.69 Å². The molecule has 24 heavy (non-hydrogen) atoms. The zero-order chi connectivity index (χ0) is 17.1. The molecule has 1 aliphatic heterocycles. The Bertz CT molecular complexity index is 785. The average Bonchev–Trinajstić information content (AvgIpc) is 2.59. The van der Waals surface area contributed by atoms with Crippen LogP contribution in [0.5, 0.6) is 0 Å². The van der Waals surface area contributed by atoms with Crippen molar-refractivity contribution in [3.05, 3.63) is 41.1 Å². The number of para-hydroxylation sites is 1. The lowest BCUT2D eigenvalue weighted by molar-refractivity contribution is 0.0384. The lowest BCUT2D eigenvalue weighted by Crippen LogP contribution is -2.38. The van der Waals surface area contributed by atoms with Gasteiger partial charge < -0.3 is 16.2 Å². The molecule has 126 valence electrons. The predicted octanol–water partition coefficient (Wildman–Crippen LogP) is 0.307. The Labute approximate surface area is 139 Å². The lowest BCUT2D eigenvalue weighted by atomic mass is 9.96. The lowest BCUT2D eigenvalue weighted by Gasteiger charge is -2.27. The Kier molecular flexibility index (Phi) is 4.73. The van der Waals surface area contributed by atoms with E-state index < -0.39 is 11.8 Å². The molecule has 0 atom stereocenters. The van der Waals surface area contributed by atoms with Gasteiger partial charge in [0.2, 0.25) is 5.91 Å². The van der Waals surface area contributed by atoms with Crippen LogP contribution in [0, 0.1) is 0 Å². The number of carbonyl (C=O) groups excluding carboxylic acids is 2. The summed E-state index contributed by atoms with van der Waals surface area (Å²) in [6.45, 7) is 3.68. The first-order valence-electron chi connectivity index (χ1n) is 7.89. The van der Waals surface area contributed by atoms with E-state index in [-0.39, 0.29) is 5.69 Å². The smallest absolute Gasteiger partial charge is 0.267 e. The highest BCUT2D eigenvalue weighted by atomic mass is 16.5. The van der Waals surface area contributed by atoms with Crippen molar-refractivity contribution in [3.63, 3.8) is 0 Å². The fraction of sp³-hybridized carbons (Fsp3) is 0.353. The summed E-state index contributed by atoms with van der Waals surface area (Å²) in [4.78, 5) is 30.5. The van der Waals surface area contributed by atoms with E-state index in [9.17, 15) is 9.59 Å². The van der Waals surface area contributed by atoms with Gasteiger partial charge in [0.05, 0.1) is 24.3 Å². The molecule has 0 bridgehead atoms. The topological polar surface area (TPSA) is 112 Å². The van der Waals surface area contributed by atoms with Crippen LogP contribution in [-0.2, 0) is 11.2 Å². The van der Waals surface area contributed by atoms with Gasteiger partial charge in [-0.3, -0.25) is 14.5 Å². The van der Waals surface area contributed by atoms with Gasteiger partial charge in [-0.1, -0.05) is 18.2 Å². The molecule has 0 spiro atoms. The molecule has 3 rings (SSSR count). The summed E-state index contributed by atoms with van der Waals surface area (Å²) in [7, 11) is 0. The van der Waals surface area contributed by atoms with E-state index in [4.69, 9.17) is 16.2 Å². The van der Waals surface area contributed by atoms with Crippen molar-refractivity contribution in [3.8, 4) is 0 Å². The van der Waals surface area contributed by atoms with E-state index in [0.29, 0.717) is 48.2 Å². The first-order valence-corrected chi connectivity index (χ1v) is 7.89. The summed E-state index contributed by atoms with van der Waals surface area (Å²) in [5.74, 6) is -1.23. The number of morpholine rings is 1. The third-order valence-electron chi connectivity index (χ3n) is 4.25. The molecule has 7 heteroatoms. The monoisotopic (exact) mass is 328 g/mol. The van der Waals surface area contributed by atoms with Crippen LogP contribution >= 0.6 is 0 Å². The molecular formula is C17H20N4O3. The number of rotatable bonds is 5. The Morgan fingerprint density at radius 2 is 1.83 bits per heavy atom. The van der Waals surface area contributed by atoms with Gasteiger partial charge in [0.15, 0.2) is 0 Å². The molecule has 2 aromatic rings. The van der Waals surface area contributed by atoms with Crippen LogP contribution in [0.25, 0.3) is 10.9 Å². The van der Waals surface area contributed by atoms with E-state index in [1.807, 2.05) is 6.07 Å². The van der Waals surface area contributed by atoms with Crippen LogP contribution in [0.3, 0.4) is 0 Å². The summed E-state index contributed by atoms with van der Waals surface area (Å²) < 4.78 is 5.33. The minimum atomic E-state index is -0.653. The molecule has 0 radical (unpaired) electrons. The van der Waals surface area contributed by atoms with Gasteiger partial charge in [0, 0.05) is 25.0 Å². The number of benzene rings is 1. The van der Waals surface area contributed by atoms with Crippen molar-refractivity contribution in [2.24, 2.45) is 11.5 Å². The maximum absolute atomic E-state index is 12.1. The second-order valence-corrected chi connectivity index (χ2v) is 5.76. The van der Waals surface area contributed by atoms with Gasteiger partial charge in [-0.2, -0.15) is 0 Å². The van der Waals surface area contributed by atoms with E-state index in [1.165, 1.54) is 0 Å². The number of fused-ring (bicyclic) bond motifs is 1. The van der Waals surface area contributed by atoms with Crippen LogP contribution < -0.4 is 11.5 Å². The van der Waals surface area contributed by atoms with E-state index in [1.54, 1.807) is 18.2 Å². The molecule has 1 aromatic heterocycles. The van der Waals surface area contributed by atoms with Gasteiger partial charge in [-0.15, -0.1) is 0 Å². The summed E-state index contributed by atoms with van der Waals surface area (Å²) in [5, 5.41) is 0.645. The van der Waals surface area contributed by atoms with Crippen molar-refractivity contribution in [1.29, 1.82) is 0 Å². The van der Waals surface area contributed by atoms with Crippen LogP contribution in [0.4, 0.5) is 0 Å². The van der Waals surface area contributed by atoms with Crippen molar-refractivity contribution < 1.29 is 14.3 Å². The molecule has 1 fully saturated rings. The third-order valence-corrected chi connectivity index (χ3v) is 4.25. The summed E-state index contributed by atoms with van der Waals surface area (Å²) in [5.41, 5.74) is 12.6. The fourth-order valence-corrected chi connectivity index (χ4v) is 3.07. The largest absolute Gasteiger partial charge is 0.379 e. The van der Waals surface area contributed by atoms with Gasteiger partial charge in [-0.05, 0) is 18.1 Å². The first kappa shape index (κ1) is 16.4. The van der Waals surface area contributed by atoms with Gasteiger partial charge >= 0.3 is 0 Å². The zero-order valence-electron chi connectivity index (χ0n) is 13.3. The van der Waals surface area contributed by atoms with Crippen LogP contribution in [0.1, 0.15) is 26.4 Å². The van der Waals surface area contributed by atoms with E-state index >= 15 is 0 Å². The number of primary amides is 2. The number of aromatic nitrogens is 1. The number of nitrogens with zero attached hydrogens (tertiary/aromatic N) is 2. The SMILES string of the molecule is NC(=O)c1nc2ccccc2c(C(N)=O)c1CCN1CCOCC1. The highest BCUT2D eigenvalue weighted by molar-refractivity contribution is 6.09. The standard InChI is InChI=1S/C17H20N4O3/c18-16(22)14-11-3-1-2-4-13(11)20-15(17(19)23)12(14)5-6-21-7-9-24-10-8-21/h1-4H,5-10H2,(H2,18,22)(H2,19,23). The number of nitrogens with two attached hydrogens (primary N) is 2. The van der Waals surface area contributed by atoms with Crippen LogP contribution in [0.15, 0.2) is 24.3 Å². The van der Waals surface area contributed by atoms with Crippen LogP contribution in [-0.4, -0.2) is 54.5 Å². The average molecular weight is 328 g/mol. The van der Waals surface area contributed by atoms with E-state index in [0.717, 1.165) is 13.1 Å². The summed E-state index contributed by atoms with van der Waals surface area (Å²) in [6, 6.07) is 7.12. The Morgan fingerprint density at radius 1 is 1.12 bits per heavy atom. The third kappa shape index (κ3) is 3.22.